The summed E-state index contributed by atoms with van der Waals surface area (Å²) in [5.41, 5.74) is 7.87. The van der Waals surface area contributed by atoms with Crippen LogP contribution >= 0.6 is 21.6 Å². The van der Waals surface area contributed by atoms with Gasteiger partial charge in [0.25, 0.3) is 0 Å². The highest BCUT2D eigenvalue weighted by atomic mass is 33.1. The summed E-state index contributed by atoms with van der Waals surface area (Å²) in [6.45, 7) is 4.61. The van der Waals surface area contributed by atoms with Crippen molar-refractivity contribution >= 4 is 43.1 Å². The highest BCUT2D eigenvalue weighted by molar-refractivity contribution is 8.76. The Kier molecular flexibility index (Phi) is 7.27. The van der Waals surface area contributed by atoms with Crippen LogP contribution in [0, 0.1) is 0 Å². The van der Waals surface area contributed by atoms with E-state index in [1.54, 1.807) is 0 Å². The molecule has 186 valence electrons. The molecule has 6 aromatic carbocycles. The second kappa shape index (κ2) is 11.1. The number of benzene rings is 6. The average molecular weight is 527 g/mol. The zero-order valence-corrected chi connectivity index (χ0v) is 23.3. The summed E-state index contributed by atoms with van der Waals surface area (Å²) in [6.07, 6.45) is 0. The van der Waals surface area contributed by atoms with E-state index in [0.29, 0.717) is 10.5 Å². The van der Waals surface area contributed by atoms with Crippen LogP contribution in [0.5, 0.6) is 0 Å². The molecule has 6 rings (SSSR count). The predicted octanol–water partition coefficient (Wildman–Crippen LogP) is 11.5. The number of rotatable bonds is 7. The minimum absolute atomic E-state index is 0.416. The van der Waals surface area contributed by atoms with E-state index in [-0.39, 0.29) is 0 Å². The molecule has 38 heavy (non-hydrogen) atoms. The molecule has 0 saturated carbocycles. The molecule has 6 aromatic rings. The van der Waals surface area contributed by atoms with Gasteiger partial charge in [-0.25, -0.2) is 0 Å². The summed E-state index contributed by atoms with van der Waals surface area (Å²) >= 11 is 0. The van der Waals surface area contributed by atoms with E-state index in [4.69, 9.17) is 0 Å². The van der Waals surface area contributed by atoms with Gasteiger partial charge in [0.1, 0.15) is 0 Å². The van der Waals surface area contributed by atoms with Gasteiger partial charge in [-0.3, -0.25) is 0 Å². The molecule has 0 radical (unpaired) electrons. The van der Waals surface area contributed by atoms with Crippen molar-refractivity contribution in [3.63, 3.8) is 0 Å². The zero-order valence-electron chi connectivity index (χ0n) is 21.7. The molecule has 2 heteroatoms. The van der Waals surface area contributed by atoms with Gasteiger partial charge in [-0.2, -0.15) is 0 Å². The maximum Gasteiger partial charge on any atom is 0.0373 e. The Hall–Kier alpha value is -3.46. The van der Waals surface area contributed by atoms with Crippen LogP contribution in [-0.2, 0) is 0 Å². The average Bonchev–Trinajstić information content (AvgIpc) is 2.99. The largest absolute Gasteiger partial charge is 0.0856 e. The van der Waals surface area contributed by atoms with Crippen LogP contribution in [0.2, 0.25) is 0 Å². The van der Waals surface area contributed by atoms with Crippen LogP contribution in [0.15, 0.2) is 133 Å². The Morgan fingerprint density at radius 2 is 0.763 bits per heavy atom. The quantitative estimate of drug-likeness (QED) is 0.190. The van der Waals surface area contributed by atoms with Gasteiger partial charge in [0, 0.05) is 10.5 Å². The molecule has 0 amide bonds. The third-order valence-corrected chi connectivity index (χ3v) is 10.6. The Bertz CT molecular complexity index is 1540. The number of hydrogen-bond acceptors (Lipinski definition) is 2. The zero-order chi connectivity index (χ0) is 25.9. The van der Waals surface area contributed by atoms with Gasteiger partial charge in [-0.15, -0.1) is 0 Å². The van der Waals surface area contributed by atoms with Crippen LogP contribution in [0.4, 0.5) is 0 Å². The molecule has 0 N–H and O–H groups in total. The van der Waals surface area contributed by atoms with E-state index in [0.717, 1.165) is 0 Å². The molecular weight excluding hydrogens is 497 g/mol. The first kappa shape index (κ1) is 24.9. The maximum absolute atomic E-state index is 2.31. The van der Waals surface area contributed by atoms with Gasteiger partial charge in [-0.1, -0.05) is 155 Å². The van der Waals surface area contributed by atoms with Crippen molar-refractivity contribution in [1.82, 2.24) is 0 Å². The molecular formula is C36H30S2. The van der Waals surface area contributed by atoms with Crippen molar-refractivity contribution in [2.24, 2.45) is 0 Å². The lowest BCUT2D eigenvalue weighted by atomic mass is 9.97. The van der Waals surface area contributed by atoms with Crippen molar-refractivity contribution in [2.75, 3.05) is 0 Å². The molecule has 0 saturated heterocycles. The second-order valence-corrected chi connectivity index (χ2v) is 12.7. The van der Waals surface area contributed by atoms with Gasteiger partial charge in [-0.05, 0) is 68.8 Å². The lowest BCUT2D eigenvalue weighted by Crippen LogP contribution is -1.90. The van der Waals surface area contributed by atoms with E-state index in [9.17, 15) is 0 Å². The van der Waals surface area contributed by atoms with E-state index >= 15 is 0 Å². The monoisotopic (exact) mass is 526 g/mol. The fourth-order valence-corrected chi connectivity index (χ4v) is 7.64. The molecule has 0 spiro atoms. The van der Waals surface area contributed by atoms with Crippen molar-refractivity contribution in [2.45, 2.75) is 24.3 Å². The fraction of sp³-hybridized carbons (Fsp3) is 0.111. The van der Waals surface area contributed by atoms with Crippen molar-refractivity contribution < 1.29 is 0 Å². The van der Waals surface area contributed by atoms with Crippen molar-refractivity contribution in [3.05, 3.63) is 145 Å². The summed E-state index contributed by atoms with van der Waals surface area (Å²) in [7, 11) is 3.91. The molecule has 2 atom stereocenters. The molecule has 0 aliphatic carbocycles. The van der Waals surface area contributed by atoms with E-state index < -0.39 is 0 Å². The van der Waals surface area contributed by atoms with Crippen LogP contribution < -0.4 is 0 Å². The highest BCUT2D eigenvalue weighted by Gasteiger charge is 2.13. The summed E-state index contributed by atoms with van der Waals surface area (Å²) in [5, 5.41) is 6.02. The van der Waals surface area contributed by atoms with Crippen molar-refractivity contribution in [1.29, 1.82) is 0 Å². The molecule has 0 aliphatic rings. The first-order chi connectivity index (χ1) is 18.7. The third-order valence-electron chi connectivity index (χ3n) is 7.31. The molecule has 0 aromatic heterocycles. The van der Waals surface area contributed by atoms with Gasteiger partial charge in [0.05, 0.1) is 0 Å². The van der Waals surface area contributed by atoms with Crippen LogP contribution in [0.1, 0.15) is 35.5 Å². The summed E-state index contributed by atoms with van der Waals surface area (Å²) in [5.74, 6) is 0. The van der Waals surface area contributed by atoms with Crippen LogP contribution in [0.3, 0.4) is 0 Å². The SMILES string of the molecule is C[C@@H](SS[C@H](C)c1ccc(-c2cccc3ccccc23)cc1)c1ccc(-c2cccc3ccccc23)cc1. The second-order valence-electron chi connectivity index (χ2n) is 9.77. The standard InChI is InChI=1S/C36H30S2/c1-25(27-17-21-31(22-18-27)35-15-7-11-29-9-3-5-13-33(29)35)37-38-26(2)28-19-23-32(24-20-28)36-16-8-12-30-10-4-6-14-34(30)36/h3-26H,1-2H3/t25-,26-/m1/s1. The number of fused-ring (bicyclic) bond motifs is 2. The normalized spacial score (nSPS) is 13.0. The lowest BCUT2D eigenvalue weighted by molar-refractivity contribution is 1.10. The maximum atomic E-state index is 2.31. The topological polar surface area (TPSA) is 0 Å². The fourth-order valence-electron chi connectivity index (χ4n) is 5.10. The van der Waals surface area contributed by atoms with Crippen LogP contribution in [0.25, 0.3) is 43.8 Å². The lowest BCUT2D eigenvalue weighted by Gasteiger charge is -2.17. The molecule has 0 aliphatic heterocycles. The van der Waals surface area contributed by atoms with E-state index in [2.05, 4.69) is 147 Å². The van der Waals surface area contributed by atoms with Crippen LogP contribution in [-0.4, -0.2) is 0 Å². The first-order valence-electron chi connectivity index (χ1n) is 13.2. The van der Waals surface area contributed by atoms with Gasteiger partial charge in [0.15, 0.2) is 0 Å². The molecule has 0 unspecified atom stereocenters. The summed E-state index contributed by atoms with van der Waals surface area (Å²) in [6, 6.07) is 48.6. The van der Waals surface area contributed by atoms with Gasteiger partial charge < -0.3 is 0 Å². The molecule has 0 nitrogen and oxygen atoms in total. The molecule has 0 fully saturated rings. The van der Waals surface area contributed by atoms with E-state index in [1.807, 2.05) is 21.6 Å². The minimum Gasteiger partial charge on any atom is -0.0856 e. The van der Waals surface area contributed by atoms with Crippen molar-refractivity contribution in [3.8, 4) is 22.3 Å². The molecule has 0 bridgehead atoms. The summed E-state index contributed by atoms with van der Waals surface area (Å²) in [4.78, 5) is 0. The first-order valence-corrected chi connectivity index (χ1v) is 15.4. The molecule has 0 heterocycles. The third kappa shape index (κ3) is 5.12. The predicted molar refractivity (Wildman–Crippen MR) is 171 cm³/mol. The van der Waals surface area contributed by atoms with Gasteiger partial charge in [0.2, 0.25) is 0 Å². The minimum atomic E-state index is 0.416. The highest BCUT2D eigenvalue weighted by Crippen LogP contribution is 2.46. The summed E-state index contributed by atoms with van der Waals surface area (Å²) < 4.78 is 0. The Labute approximate surface area is 233 Å². The number of hydrogen-bond donors (Lipinski definition) is 0. The van der Waals surface area contributed by atoms with E-state index in [1.165, 1.54) is 54.9 Å². The van der Waals surface area contributed by atoms with Gasteiger partial charge >= 0.3 is 0 Å². The smallest absolute Gasteiger partial charge is 0.0373 e. The Morgan fingerprint density at radius 3 is 1.18 bits per heavy atom. The Balaban J connectivity index is 1.12. The Morgan fingerprint density at radius 1 is 0.395 bits per heavy atom.